The Morgan fingerprint density at radius 3 is 2.12 bits per heavy atom. The smallest absolute Gasteiger partial charge is 0.223 e. The van der Waals surface area contributed by atoms with Gasteiger partial charge in [-0.25, -0.2) is 0 Å². The van der Waals surface area contributed by atoms with Crippen LogP contribution in [0.1, 0.15) is 12.8 Å². The molecule has 0 aliphatic carbocycles. The third kappa shape index (κ3) is 3.15. The first kappa shape index (κ1) is 13.4. The van der Waals surface area contributed by atoms with Crippen molar-refractivity contribution in [3.63, 3.8) is 0 Å². The van der Waals surface area contributed by atoms with E-state index in [1.807, 2.05) is 0 Å². The van der Waals surface area contributed by atoms with Crippen molar-refractivity contribution in [1.29, 1.82) is 0 Å². The lowest BCUT2D eigenvalue weighted by Crippen LogP contribution is -2.58. The molecule has 94 valence electrons. The summed E-state index contributed by atoms with van der Waals surface area (Å²) in [6, 6.07) is 0. The molecule has 0 aromatic rings. The van der Waals surface area contributed by atoms with Crippen LogP contribution in [-0.4, -0.2) is 59.8 Å². The minimum Gasteiger partial charge on any atom is -0.394 e. The van der Waals surface area contributed by atoms with Crippen LogP contribution in [0.15, 0.2) is 0 Å². The largest absolute Gasteiger partial charge is 0.394 e. The zero-order valence-corrected chi connectivity index (χ0v) is 9.19. The van der Waals surface area contributed by atoms with E-state index in [1.165, 1.54) is 0 Å². The summed E-state index contributed by atoms with van der Waals surface area (Å²) in [5.41, 5.74) is -1.32. The molecule has 1 aliphatic rings. The summed E-state index contributed by atoms with van der Waals surface area (Å²) in [4.78, 5) is 11.8. The van der Waals surface area contributed by atoms with Gasteiger partial charge in [-0.1, -0.05) is 0 Å². The van der Waals surface area contributed by atoms with Crippen molar-refractivity contribution in [2.75, 3.05) is 33.0 Å². The van der Waals surface area contributed by atoms with Crippen molar-refractivity contribution in [3.8, 4) is 0 Å². The fraction of sp³-hybridized carbons (Fsp3) is 0.900. The van der Waals surface area contributed by atoms with Gasteiger partial charge in [0.25, 0.3) is 0 Å². The molecule has 16 heavy (non-hydrogen) atoms. The van der Waals surface area contributed by atoms with Crippen molar-refractivity contribution in [2.45, 2.75) is 18.4 Å². The average molecular weight is 233 g/mol. The second-order valence-corrected chi connectivity index (χ2v) is 4.13. The van der Waals surface area contributed by atoms with Gasteiger partial charge in [-0.05, 0) is 12.8 Å². The van der Waals surface area contributed by atoms with Gasteiger partial charge < -0.3 is 25.4 Å². The first-order valence-electron chi connectivity index (χ1n) is 5.40. The van der Waals surface area contributed by atoms with Gasteiger partial charge in [0.2, 0.25) is 5.91 Å². The van der Waals surface area contributed by atoms with Crippen LogP contribution in [0.2, 0.25) is 0 Å². The highest BCUT2D eigenvalue weighted by atomic mass is 16.5. The number of nitrogens with one attached hydrogen (secondary N) is 1. The summed E-state index contributed by atoms with van der Waals surface area (Å²) in [6.45, 7) is -0.385. The Labute approximate surface area is 94.2 Å². The van der Waals surface area contributed by atoms with Crippen molar-refractivity contribution < 1.29 is 24.9 Å². The predicted octanol–water partition coefficient (Wildman–Crippen LogP) is -1.76. The number of carbonyl (C=O) groups excluding carboxylic acids is 1. The maximum atomic E-state index is 11.8. The lowest BCUT2D eigenvalue weighted by molar-refractivity contribution is -0.132. The minimum atomic E-state index is -1.32. The standard InChI is InChI=1S/C10H19NO5/c12-5-10(6-13,7-14)11-9(15)8-1-3-16-4-2-8/h8,12-14H,1-7H2,(H,11,15). The fourth-order valence-corrected chi connectivity index (χ4v) is 1.59. The normalized spacial score (nSPS) is 18.4. The van der Waals surface area contributed by atoms with Crippen molar-refractivity contribution in [2.24, 2.45) is 5.92 Å². The maximum Gasteiger partial charge on any atom is 0.223 e. The first-order valence-corrected chi connectivity index (χ1v) is 5.40. The molecule has 1 rings (SSSR count). The molecule has 1 amide bonds. The molecule has 0 unspecified atom stereocenters. The van der Waals surface area contributed by atoms with Crippen LogP contribution in [0.4, 0.5) is 0 Å². The highest BCUT2D eigenvalue weighted by Gasteiger charge is 2.33. The lowest BCUT2D eigenvalue weighted by Gasteiger charge is -2.31. The minimum absolute atomic E-state index is 0.169. The summed E-state index contributed by atoms with van der Waals surface area (Å²) in [5, 5.41) is 29.7. The van der Waals surface area contributed by atoms with Crippen molar-refractivity contribution in [1.82, 2.24) is 5.32 Å². The Kier molecular flexibility index (Phi) is 5.14. The average Bonchev–Trinajstić information content (AvgIpc) is 2.37. The lowest BCUT2D eigenvalue weighted by atomic mass is 9.96. The van der Waals surface area contributed by atoms with E-state index in [9.17, 15) is 4.79 Å². The summed E-state index contributed by atoms with van der Waals surface area (Å²) < 4.78 is 5.13. The van der Waals surface area contributed by atoms with E-state index in [0.717, 1.165) is 0 Å². The number of aliphatic hydroxyl groups excluding tert-OH is 3. The van der Waals surface area contributed by atoms with Gasteiger partial charge in [0.15, 0.2) is 0 Å². The molecule has 0 atom stereocenters. The van der Waals surface area contributed by atoms with Gasteiger partial charge in [0.05, 0.1) is 19.8 Å². The summed E-state index contributed by atoms with van der Waals surface area (Å²) in [6.07, 6.45) is 1.26. The van der Waals surface area contributed by atoms with E-state index in [4.69, 9.17) is 20.1 Å². The van der Waals surface area contributed by atoms with E-state index in [-0.39, 0.29) is 11.8 Å². The number of carbonyl (C=O) groups is 1. The van der Waals surface area contributed by atoms with Crippen LogP contribution >= 0.6 is 0 Å². The molecule has 1 heterocycles. The number of hydrogen-bond donors (Lipinski definition) is 4. The SMILES string of the molecule is O=C(NC(CO)(CO)CO)C1CCOCC1. The number of aliphatic hydroxyl groups is 3. The molecule has 0 spiro atoms. The number of ether oxygens (including phenoxy) is 1. The molecular formula is C10H19NO5. The second-order valence-electron chi connectivity index (χ2n) is 4.13. The summed E-state index contributed by atoms with van der Waals surface area (Å²) in [7, 11) is 0. The molecule has 6 nitrogen and oxygen atoms in total. The molecule has 0 aromatic carbocycles. The highest BCUT2D eigenvalue weighted by molar-refractivity contribution is 5.79. The van der Waals surface area contributed by atoms with Gasteiger partial charge in [-0.3, -0.25) is 4.79 Å². The first-order chi connectivity index (χ1) is 7.67. The zero-order valence-electron chi connectivity index (χ0n) is 9.19. The van der Waals surface area contributed by atoms with Gasteiger partial charge in [-0.2, -0.15) is 0 Å². The van der Waals surface area contributed by atoms with E-state index in [0.29, 0.717) is 26.1 Å². The molecule has 6 heteroatoms. The third-order valence-electron chi connectivity index (χ3n) is 2.89. The van der Waals surface area contributed by atoms with Gasteiger partial charge in [0, 0.05) is 19.1 Å². The molecule has 0 radical (unpaired) electrons. The zero-order chi connectivity index (χ0) is 12.0. The van der Waals surface area contributed by atoms with Crippen LogP contribution in [0.3, 0.4) is 0 Å². The fourth-order valence-electron chi connectivity index (χ4n) is 1.59. The molecule has 0 saturated carbocycles. The monoisotopic (exact) mass is 233 g/mol. The van der Waals surface area contributed by atoms with E-state index in [1.54, 1.807) is 0 Å². The highest BCUT2D eigenvalue weighted by Crippen LogP contribution is 2.16. The van der Waals surface area contributed by atoms with Crippen molar-refractivity contribution in [3.05, 3.63) is 0 Å². The molecular weight excluding hydrogens is 214 g/mol. The van der Waals surface area contributed by atoms with Gasteiger partial charge >= 0.3 is 0 Å². The third-order valence-corrected chi connectivity index (χ3v) is 2.89. The summed E-state index contributed by atoms with van der Waals surface area (Å²) in [5.74, 6) is -0.418. The topological polar surface area (TPSA) is 99.0 Å². The van der Waals surface area contributed by atoms with E-state index >= 15 is 0 Å². The Hall–Kier alpha value is -0.690. The summed E-state index contributed by atoms with van der Waals surface area (Å²) >= 11 is 0. The van der Waals surface area contributed by atoms with E-state index < -0.39 is 25.4 Å². The number of rotatable bonds is 5. The number of amides is 1. The van der Waals surface area contributed by atoms with Crippen LogP contribution < -0.4 is 5.32 Å². The van der Waals surface area contributed by atoms with Crippen LogP contribution in [0.25, 0.3) is 0 Å². The molecule has 1 aliphatic heterocycles. The van der Waals surface area contributed by atoms with Crippen LogP contribution in [0.5, 0.6) is 0 Å². The molecule has 0 bridgehead atoms. The molecule has 1 saturated heterocycles. The molecule has 1 fully saturated rings. The Balaban J connectivity index is 2.53. The Bertz CT molecular complexity index is 215. The van der Waals surface area contributed by atoms with Crippen molar-refractivity contribution >= 4 is 5.91 Å². The van der Waals surface area contributed by atoms with Crippen LogP contribution in [0, 0.1) is 5.92 Å². The maximum absolute atomic E-state index is 11.8. The molecule has 0 aromatic heterocycles. The van der Waals surface area contributed by atoms with Crippen LogP contribution in [-0.2, 0) is 9.53 Å². The van der Waals surface area contributed by atoms with Gasteiger partial charge in [-0.15, -0.1) is 0 Å². The Morgan fingerprint density at radius 1 is 1.19 bits per heavy atom. The van der Waals surface area contributed by atoms with E-state index in [2.05, 4.69) is 5.32 Å². The quantitative estimate of drug-likeness (QED) is 0.451. The van der Waals surface area contributed by atoms with Gasteiger partial charge in [0.1, 0.15) is 5.54 Å². The molecule has 4 N–H and O–H groups in total. The Morgan fingerprint density at radius 2 is 1.69 bits per heavy atom. The predicted molar refractivity (Wildman–Crippen MR) is 55.7 cm³/mol. The second kappa shape index (κ2) is 6.15. The number of hydrogen-bond acceptors (Lipinski definition) is 5.